The Morgan fingerprint density at radius 3 is 1.47 bits per heavy atom. The fourth-order valence-corrected chi connectivity index (χ4v) is 6.79. The fraction of sp³-hybridized carbons (Fsp3) is 0.783. The van der Waals surface area contributed by atoms with Crippen molar-refractivity contribution < 1.29 is 47.8 Å². The molecule has 0 aromatic carbocycles. The number of hydrogen-bond acceptors (Lipinski definition) is 9. The van der Waals surface area contributed by atoms with Gasteiger partial charge in [-0.1, -0.05) is 159 Å². The van der Waals surface area contributed by atoms with Crippen LogP contribution >= 0.6 is 7.82 Å². The SMILES string of the molecule is CC/C=C\C/C=C\C/C=C\CCCCCCCC(=O)OC(COC(=O)CCCCCCCCCCC/C=C\CCCCCCCC)COP(=O)(O)OCC(O)CO. The first-order valence-corrected chi connectivity index (χ1v) is 24.1. The maximum Gasteiger partial charge on any atom is 0.472 e. The molecule has 332 valence electrons. The van der Waals surface area contributed by atoms with Crippen LogP contribution in [0, 0.1) is 0 Å². The average Bonchev–Trinajstić information content (AvgIpc) is 3.20. The minimum Gasteiger partial charge on any atom is -0.462 e. The van der Waals surface area contributed by atoms with Crippen molar-refractivity contribution in [1.29, 1.82) is 0 Å². The van der Waals surface area contributed by atoms with Crippen LogP contribution in [0.2, 0.25) is 0 Å². The van der Waals surface area contributed by atoms with Gasteiger partial charge in [0.15, 0.2) is 6.10 Å². The molecule has 0 aliphatic heterocycles. The number of unbranched alkanes of at least 4 members (excludes halogenated alkanes) is 20. The Kier molecular flexibility index (Phi) is 40.5. The first-order valence-electron chi connectivity index (χ1n) is 22.6. The van der Waals surface area contributed by atoms with E-state index in [0.29, 0.717) is 12.8 Å². The molecule has 57 heavy (non-hydrogen) atoms. The first-order chi connectivity index (χ1) is 27.7. The minimum atomic E-state index is -4.62. The van der Waals surface area contributed by atoms with E-state index in [-0.39, 0.29) is 19.4 Å². The van der Waals surface area contributed by atoms with Crippen molar-refractivity contribution in [2.45, 2.75) is 206 Å². The zero-order chi connectivity index (χ0) is 41.9. The number of ether oxygens (including phenoxy) is 2. The predicted molar refractivity (Wildman–Crippen MR) is 233 cm³/mol. The van der Waals surface area contributed by atoms with E-state index in [0.717, 1.165) is 70.6 Å². The molecule has 0 rings (SSSR count). The molecule has 0 aromatic heterocycles. The summed E-state index contributed by atoms with van der Waals surface area (Å²) in [5.74, 6) is -0.946. The lowest BCUT2D eigenvalue weighted by Crippen LogP contribution is -2.29. The van der Waals surface area contributed by atoms with Gasteiger partial charge in [0.1, 0.15) is 12.7 Å². The van der Waals surface area contributed by atoms with Gasteiger partial charge < -0.3 is 24.6 Å². The number of phosphoric ester groups is 1. The van der Waals surface area contributed by atoms with Crippen LogP contribution in [0.15, 0.2) is 48.6 Å². The normalized spacial score (nSPS) is 14.3. The second-order valence-corrected chi connectivity index (χ2v) is 16.5. The van der Waals surface area contributed by atoms with Crippen LogP contribution in [0.3, 0.4) is 0 Å². The van der Waals surface area contributed by atoms with E-state index >= 15 is 0 Å². The molecule has 0 saturated carbocycles. The molecule has 10 nitrogen and oxygen atoms in total. The van der Waals surface area contributed by atoms with Gasteiger partial charge in [0, 0.05) is 12.8 Å². The number of rotatable bonds is 42. The Morgan fingerprint density at radius 2 is 0.965 bits per heavy atom. The summed E-state index contributed by atoms with van der Waals surface area (Å²) >= 11 is 0. The Morgan fingerprint density at radius 1 is 0.544 bits per heavy atom. The molecule has 11 heteroatoms. The molecule has 0 bridgehead atoms. The van der Waals surface area contributed by atoms with E-state index in [1.165, 1.54) is 83.5 Å². The lowest BCUT2D eigenvalue weighted by Gasteiger charge is -2.20. The van der Waals surface area contributed by atoms with Crippen LogP contribution in [0.1, 0.15) is 194 Å². The molecule has 0 amide bonds. The van der Waals surface area contributed by atoms with Gasteiger partial charge in [-0.15, -0.1) is 0 Å². The standard InChI is InChI=1S/C46H83O10P/c1-3-5-7-9-11-13-15-17-19-20-21-22-24-25-27-29-31-33-35-37-45(49)53-41-44(42-55-57(51,52)54-40-43(48)39-47)56-46(50)38-36-34-32-30-28-26-23-18-16-14-12-10-8-6-4-2/h6,8,12,14,17-19,23,43-44,47-48H,3-5,7,9-11,13,15-16,20-22,24-42H2,1-2H3,(H,51,52)/b8-6-,14-12-,19-17-,23-18-. The summed E-state index contributed by atoms with van der Waals surface area (Å²) in [6, 6.07) is 0. The highest BCUT2D eigenvalue weighted by atomic mass is 31.2. The van der Waals surface area contributed by atoms with Crippen LogP contribution in [0.4, 0.5) is 0 Å². The second-order valence-electron chi connectivity index (χ2n) is 15.0. The molecule has 0 aliphatic carbocycles. The first kappa shape index (κ1) is 54.9. The lowest BCUT2D eigenvalue weighted by molar-refractivity contribution is -0.161. The molecule has 0 spiro atoms. The molecule has 0 aliphatic rings. The van der Waals surface area contributed by atoms with Crippen LogP contribution in [-0.4, -0.2) is 65.7 Å². The summed E-state index contributed by atoms with van der Waals surface area (Å²) in [7, 11) is -4.62. The van der Waals surface area contributed by atoms with Crippen molar-refractivity contribution in [3.05, 3.63) is 48.6 Å². The third-order valence-electron chi connectivity index (χ3n) is 9.47. The Labute approximate surface area is 347 Å². The zero-order valence-corrected chi connectivity index (χ0v) is 36.9. The van der Waals surface area contributed by atoms with Crippen molar-refractivity contribution in [3.63, 3.8) is 0 Å². The van der Waals surface area contributed by atoms with E-state index in [2.05, 4.69) is 62.5 Å². The van der Waals surface area contributed by atoms with E-state index in [4.69, 9.17) is 23.6 Å². The summed E-state index contributed by atoms with van der Waals surface area (Å²) in [6.45, 7) is 2.25. The summed E-state index contributed by atoms with van der Waals surface area (Å²) in [4.78, 5) is 35.0. The average molecular weight is 827 g/mol. The molecule has 0 fully saturated rings. The minimum absolute atomic E-state index is 0.163. The van der Waals surface area contributed by atoms with Crippen LogP contribution in [0.25, 0.3) is 0 Å². The summed E-state index contributed by atoms with van der Waals surface area (Å²) in [5, 5.41) is 18.3. The number of carbonyl (C=O) groups is 2. The zero-order valence-electron chi connectivity index (χ0n) is 36.0. The summed E-state index contributed by atoms with van der Waals surface area (Å²) < 4.78 is 32.7. The molecule has 0 heterocycles. The van der Waals surface area contributed by atoms with Crippen molar-refractivity contribution in [1.82, 2.24) is 0 Å². The Bertz CT molecular complexity index is 1090. The van der Waals surface area contributed by atoms with Gasteiger partial charge in [-0.3, -0.25) is 18.6 Å². The topological polar surface area (TPSA) is 149 Å². The molecular formula is C46H83O10P. The molecule has 0 aromatic rings. The van der Waals surface area contributed by atoms with Gasteiger partial charge in [0.05, 0.1) is 19.8 Å². The van der Waals surface area contributed by atoms with E-state index < -0.39 is 51.8 Å². The summed E-state index contributed by atoms with van der Waals surface area (Å²) in [5.41, 5.74) is 0. The second kappa shape index (κ2) is 42.1. The number of esters is 2. The number of allylic oxidation sites excluding steroid dienone is 8. The van der Waals surface area contributed by atoms with Gasteiger partial charge in [-0.25, -0.2) is 4.57 Å². The lowest BCUT2D eigenvalue weighted by atomic mass is 10.1. The predicted octanol–water partition coefficient (Wildman–Crippen LogP) is 12.1. The van der Waals surface area contributed by atoms with E-state index in [9.17, 15) is 24.2 Å². The molecule has 3 unspecified atom stereocenters. The Hall–Kier alpha value is -2.07. The fourth-order valence-electron chi connectivity index (χ4n) is 6.00. The number of aliphatic hydroxyl groups excluding tert-OH is 2. The van der Waals surface area contributed by atoms with Gasteiger partial charge in [-0.05, 0) is 70.6 Å². The Balaban J connectivity index is 4.27. The quantitative estimate of drug-likeness (QED) is 0.0235. The van der Waals surface area contributed by atoms with E-state index in [1.54, 1.807) is 0 Å². The van der Waals surface area contributed by atoms with Crippen LogP contribution in [-0.2, 0) is 32.7 Å². The maximum absolute atomic E-state index is 12.6. The summed E-state index contributed by atoms with van der Waals surface area (Å²) in [6.07, 6.45) is 45.0. The molecule has 0 saturated heterocycles. The van der Waals surface area contributed by atoms with Gasteiger partial charge >= 0.3 is 19.8 Å². The van der Waals surface area contributed by atoms with Gasteiger partial charge in [0.2, 0.25) is 0 Å². The molecular weight excluding hydrogens is 743 g/mol. The molecule has 3 atom stereocenters. The number of hydrogen-bond donors (Lipinski definition) is 3. The number of phosphoric acid groups is 1. The van der Waals surface area contributed by atoms with Gasteiger partial charge in [-0.2, -0.15) is 0 Å². The van der Waals surface area contributed by atoms with Crippen molar-refractivity contribution in [2.75, 3.05) is 26.4 Å². The maximum atomic E-state index is 12.6. The highest BCUT2D eigenvalue weighted by molar-refractivity contribution is 7.47. The molecule has 0 radical (unpaired) electrons. The highest BCUT2D eigenvalue weighted by Crippen LogP contribution is 2.43. The monoisotopic (exact) mass is 827 g/mol. The van der Waals surface area contributed by atoms with Gasteiger partial charge in [0.25, 0.3) is 0 Å². The van der Waals surface area contributed by atoms with Crippen molar-refractivity contribution in [3.8, 4) is 0 Å². The smallest absolute Gasteiger partial charge is 0.462 e. The van der Waals surface area contributed by atoms with Crippen LogP contribution in [0.5, 0.6) is 0 Å². The number of carbonyl (C=O) groups excluding carboxylic acids is 2. The van der Waals surface area contributed by atoms with E-state index in [1.807, 2.05) is 0 Å². The molecule has 3 N–H and O–H groups in total. The number of aliphatic hydroxyl groups is 2. The largest absolute Gasteiger partial charge is 0.472 e. The third kappa shape index (κ3) is 41.9. The van der Waals surface area contributed by atoms with Crippen molar-refractivity contribution in [2.24, 2.45) is 0 Å². The van der Waals surface area contributed by atoms with Crippen molar-refractivity contribution >= 4 is 19.8 Å². The van der Waals surface area contributed by atoms with Crippen LogP contribution < -0.4 is 0 Å². The highest BCUT2D eigenvalue weighted by Gasteiger charge is 2.27. The third-order valence-corrected chi connectivity index (χ3v) is 10.4.